The third kappa shape index (κ3) is 3.62. The van der Waals surface area contributed by atoms with Gasteiger partial charge in [-0.3, -0.25) is 4.90 Å². The normalized spacial score (nSPS) is 40.1. The first-order valence-corrected chi connectivity index (χ1v) is 9.35. The Morgan fingerprint density at radius 3 is 2.43 bits per heavy atom. The first-order chi connectivity index (χ1) is 10.2. The van der Waals surface area contributed by atoms with Gasteiger partial charge in [0.2, 0.25) is 0 Å². The maximum absolute atomic E-state index is 10.4. The third-order valence-electron chi connectivity index (χ3n) is 6.34. The molecule has 0 amide bonds. The average molecular weight is 294 g/mol. The number of nitrogens with one attached hydrogen (secondary N) is 1. The Morgan fingerprint density at radius 2 is 1.86 bits per heavy atom. The zero-order valence-corrected chi connectivity index (χ0v) is 13.9. The van der Waals surface area contributed by atoms with Gasteiger partial charge in [0.05, 0.1) is 6.10 Å². The number of piperidine rings is 1. The summed E-state index contributed by atoms with van der Waals surface area (Å²) in [5.74, 6) is 1.32. The van der Waals surface area contributed by atoms with Crippen molar-refractivity contribution in [1.82, 2.24) is 10.2 Å². The smallest absolute Gasteiger partial charge is 0.0578 e. The van der Waals surface area contributed by atoms with E-state index in [0.717, 1.165) is 31.0 Å². The maximum Gasteiger partial charge on any atom is 0.0578 e. The maximum atomic E-state index is 10.4. The van der Waals surface area contributed by atoms with Crippen LogP contribution in [0.25, 0.3) is 0 Å². The summed E-state index contributed by atoms with van der Waals surface area (Å²) in [5.41, 5.74) is 0. The van der Waals surface area contributed by atoms with E-state index in [1.165, 1.54) is 51.5 Å². The lowest BCUT2D eigenvalue weighted by Crippen LogP contribution is -2.59. The van der Waals surface area contributed by atoms with Crippen molar-refractivity contribution in [2.45, 2.75) is 89.4 Å². The number of aliphatic hydroxyl groups excluding tert-OH is 1. The first-order valence-electron chi connectivity index (χ1n) is 9.35. The monoisotopic (exact) mass is 294 g/mol. The SMILES string of the molecule is CCC(O)C1CC(NC2CCCC2)CN(C2CCC2C)C1. The van der Waals surface area contributed by atoms with Crippen molar-refractivity contribution in [2.24, 2.45) is 11.8 Å². The van der Waals surface area contributed by atoms with Gasteiger partial charge in [-0.15, -0.1) is 0 Å². The lowest BCUT2D eigenvalue weighted by molar-refractivity contribution is -0.0175. The lowest BCUT2D eigenvalue weighted by Gasteiger charge is -2.49. The Labute approximate surface area is 130 Å². The number of likely N-dealkylation sites (tertiary alicyclic amines) is 1. The lowest BCUT2D eigenvalue weighted by atomic mass is 9.77. The predicted molar refractivity (Wildman–Crippen MR) is 87.3 cm³/mol. The van der Waals surface area contributed by atoms with Gasteiger partial charge >= 0.3 is 0 Å². The molecule has 1 heterocycles. The van der Waals surface area contributed by atoms with Crippen molar-refractivity contribution in [3.05, 3.63) is 0 Å². The second-order valence-electron chi connectivity index (χ2n) is 7.89. The van der Waals surface area contributed by atoms with Crippen LogP contribution >= 0.6 is 0 Å². The Hall–Kier alpha value is -0.120. The molecule has 2 N–H and O–H groups in total. The van der Waals surface area contributed by atoms with Crippen molar-refractivity contribution in [1.29, 1.82) is 0 Å². The van der Waals surface area contributed by atoms with Crippen molar-refractivity contribution >= 4 is 0 Å². The minimum atomic E-state index is -0.115. The summed E-state index contributed by atoms with van der Waals surface area (Å²) in [6.07, 6.45) is 10.2. The van der Waals surface area contributed by atoms with Crippen LogP contribution in [0.3, 0.4) is 0 Å². The standard InChI is InChI=1S/C18H34N2O/c1-3-18(21)14-10-16(19-15-6-4-5-7-15)12-20(11-14)17-9-8-13(17)2/h13-19,21H,3-12H2,1-2H3. The van der Waals surface area contributed by atoms with Gasteiger partial charge in [-0.1, -0.05) is 26.7 Å². The molecule has 122 valence electrons. The van der Waals surface area contributed by atoms with Crippen LogP contribution in [0.4, 0.5) is 0 Å². The van der Waals surface area contributed by atoms with Crippen LogP contribution in [0.15, 0.2) is 0 Å². The number of hydrogen-bond acceptors (Lipinski definition) is 3. The van der Waals surface area contributed by atoms with Crippen molar-refractivity contribution < 1.29 is 5.11 Å². The fraction of sp³-hybridized carbons (Fsp3) is 1.00. The van der Waals surface area contributed by atoms with Crippen LogP contribution in [0.5, 0.6) is 0 Å². The van der Waals surface area contributed by atoms with Gasteiger partial charge in [-0.05, 0) is 50.4 Å². The fourth-order valence-electron chi connectivity index (χ4n) is 4.79. The first kappa shape index (κ1) is 15.8. The van der Waals surface area contributed by atoms with Crippen LogP contribution in [0.1, 0.15) is 65.2 Å². The predicted octanol–water partition coefficient (Wildman–Crippen LogP) is 2.78. The fourth-order valence-corrected chi connectivity index (χ4v) is 4.79. The Balaban J connectivity index is 1.61. The highest BCUT2D eigenvalue weighted by Gasteiger charge is 2.39. The van der Waals surface area contributed by atoms with E-state index in [-0.39, 0.29) is 6.10 Å². The second-order valence-corrected chi connectivity index (χ2v) is 7.89. The molecule has 0 bridgehead atoms. The van der Waals surface area contributed by atoms with Gasteiger partial charge in [0, 0.05) is 31.2 Å². The molecule has 2 saturated carbocycles. The van der Waals surface area contributed by atoms with Crippen LogP contribution in [-0.4, -0.2) is 47.3 Å². The molecule has 0 radical (unpaired) electrons. The van der Waals surface area contributed by atoms with E-state index in [2.05, 4.69) is 24.1 Å². The zero-order chi connectivity index (χ0) is 14.8. The summed E-state index contributed by atoms with van der Waals surface area (Å²) >= 11 is 0. The molecule has 3 aliphatic rings. The number of hydrogen-bond donors (Lipinski definition) is 2. The molecule has 21 heavy (non-hydrogen) atoms. The molecule has 0 aromatic rings. The minimum Gasteiger partial charge on any atom is -0.393 e. The van der Waals surface area contributed by atoms with E-state index < -0.39 is 0 Å². The van der Waals surface area contributed by atoms with E-state index in [0.29, 0.717) is 12.0 Å². The number of aliphatic hydroxyl groups is 1. The Bertz CT molecular complexity index is 329. The average Bonchev–Trinajstić information content (AvgIpc) is 2.97. The molecule has 3 nitrogen and oxygen atoms in total. The molecule has 3 heteroatoms. The summed E-state index contributed by atoms with van der Waals surface area (Å²) in [4.78, 5) is 2.70. The highest BCUT2D eigenvalue weighted by atomic mass is 16.3. The van der Waals surface area contributed by atoms with Crippen molar-refractivity contribution in [2.75, 3.05) is 13.1 Å². The number of rotatable bonds is 5. The molecule has 1 saturated heterocycles. The van der Waals surface area contributed by atoms with Crippen LogP contribution in [0.2, 0.25) is 0 Å². The summed E-state index contributed by atoms with van der Waals surface area (Å²) in [6.45, 7) is 6.84. The molecule has 0 aromatic carbocycles. The van der Waals surface area contributed by atoms with E-state index in [1.54, 1.807) is 0 Å². The van der Waals surface area contributed by atoms with Gasteiger partial charge in [0.25, 0.3) is 0 Å². The molecule has 5 unspecified atom stereocenters. The molecule has 0 spiro atoms. The molecular weight excluding hydrogens is 260 g/mol. The van der Waals surface area contributed by atoms with E-state index in [9.17, 15) is 5.11 Å². The summed E-state index contributed by atoms with van der Waals surface area (Å²) in [5, 5.41) is 14.3. The van der Waals surface area contributed by atoms with Crippen LogP contribution in [0, 0.1) is 11.8 Å². The number of nitrogens with zero attached hydrogens (tertiary/aromatic N) is 1. The van der Waals surface area contributed by atoms with Crippen molar-refractivity contribution in [3.63, 3.8) is 0 Å². The van der Waals surface area contributed by atoms with Gasteiger partial charge in [0.1, 0.15) is 0 Å². The quantitative estimate of drug-likeness (QED) is 0.818. The highest BCUT2D eigenvalue weighted by Crippen LogP contribution is 2.35. The minimum absolute atomic E-state index is 0.115. The Kier molecular flexibility index (Phi) is 5.23. The van der Waals surface area contributed by atoms with Gasteiger partial charge in [-0.25, -0.2) is 0 Å². The van der Waals surface area contributed by atoms with Gasteiger partial charge in [0.15, 0.2) is 0 Å². The van der Waals surface area contributed by atoms with E-state index in [4.69, 9.17) is 0 Å². The molecule has 5 atom stereocenters. The second kappa shape index (κ2) is 6.97. The molecular formula is C18H34N2O. The largest absolute Gasteiger partial charge is 0.393 e. The van der Waals surface area contributed by atoms with Crippen LogP contribution in [-0.2, 0) is 0 Å². The summed E-state index contributed by atoms with van der Waals surface area (Å²) in [7, 11) is 0. The molecule has 1 aliphatic heterocycles. The molecule has 2 aliphatic carbocycles. The van der Waals surface area contributed by atoms with Crippen molar-refractivity contribution in [3.8, 4) is 0 Å². The van der Waals surface area contributed by atoms with Gasteiger partial charge < -0.3 is 10.4 Å². The highest BCUT2D eigenvalue weighted by molar-refractivity contribution is 4.95. The zero-order valence-electron chi connectivity index (χ0n) is 13.9. The van der Waals surface area contributed by atoms with E-state index in [1.807, 2.05) is 0 Å². The summed E-state index contributed by atoms with van der Waals surface area (Å²) in [6, 6.07) is 2.12. The van der Waals surface area contributed by atoms with Gasteiger partial charge in [-0.2, -0.15) is 0 Å². The van der Waals surface area contributed by atoms with E-state index >= 15 is 0 Å². The molecule has 0 aromatic heterocycles. The Morgan fingerprint density at radius 1 is 1.10 bits per heavy atom. The topological polar surface area (TPSA) is 35.5 Å². The third-order valence-corrected chi connectivity index (χ3v) is 6.34. The molecule has 3 rings (SSSR count). The van der Waals surface area contributed by atoms with Crippen LogP contribution < -0.4 is 5.32 Å². The summed E-state index contributed by atoms with van der Waals surface area (Å²) < 4.78 is 0. The molecule has 3 fully saturated rings.